The molecule has 0 aromatic carbocycles. The molecule has 5 aliphatic carbocycles. The molecule has 3 heterocycles. The highest BCUT2D eigenvalue weighted by molar-refractivity contribution is 7.26. The Bertz CT molecular complexity index is 1520. The molecule has 41 heavy (non-hydrogen) atoms. The van der Waals surface area contributed by atoms with Gasteiger partial charge in [0.2, 0.25) is 0 Å². The summed E-state index contributed by atoms with van der Waals surface area (Å²) in [6, 6.07) is 3.92. The Labute approximate surface area is 246 Å². The van der Waals surface area contributed by atoms with Crippen LogP contribution in [0.5, 0.6) is 5.75 Å². The van der Waals surface area contributed by atoms with Crippen molar-refractivity contribution in [3.63, 3.8) is 0 Å². The summed E-state index contributed by atoms with van der Waals surface area (Å²) in [5, 5.41) is 1.27. The molecule has 9 heteroatoms. The van der Waals surface area contributed by atoms with Crippen molar-refractivity contribution in [1.82, 2.24) is 0 Å². The highest BCUT2D eigenvalue weighted by Gasteiger charge is 2.49. The third-order valence-corrected chi connectivity index (χ3v) is 12.5. The Morgan fingerprint density at radius 3 is 1.59 bits per heavy atom. The average molecular weight is 589 g/mol. The standard InChI is InChI=1S/C32H32N2O5S2/c35-26-16-8-2-3-9-17(16)27(36)24(26)33-22-14-20-30(40-22)31-21(39-32(20)12-6-1-7-13-32)15-23(41-31)34-25-28(37)18-10-4-5-11-19(18)29(25)38/h14-19H,1-13H2. The van der Waals surface area contributed by atoms with E-state index in [1.807, 2.05) is 12.1 Å². The summed E-state index contributed by atoms with van der Waals surface area (Å²) in [7, 11) is 0. The lowest BCUT2D eigenvalue weighted by atomic mass is 9.78. The van der Waals surface area contributed by atoms with Crippen LogP contribution >= 0.6 is 22.7 Å². The third kappa shape index (κ3) is 3.94. The topological polar surface area (TPSA) is 102 Å². The van der Waals surface area contributed by atoms with E-state index in [2.05, 4.69) is 4.99 Å². The smallest absolute Gasteiger partial charge is 0.188 e. The molecule has 1 spiro atoms. The average Bonchev–Trinajstić information content (AvgIpc) is 3.72. The number of Topliss-reactive ketones (excluding diaryl/α,β-unsaturated/α-hetero) is 4. The summed E-state index contributed by atoms with van der Waals surface area (Å²) < 4.78 is 6.78. The van der Waals surface area contributed by atoms with E-state index >= 15 is 0 Å². The minimum atomic E-state index is -0.480. The van der Waals surface area contributed by atoms with E-state index in [0.29, 0.717) is 10.0 Å². The van der Waals surface area contributed by atoms with Crippen LogP contribution in [0.1, 0.15) is 89.0 Å². The largest absolute Gasteiger partial charge is 0.481 e. The van der Waals surface area contributed by atoms with Gasteiger partial charge in [-0.25, -0.2) is 9.98 Å². The van der Waals surface area contributed by atoms with Crippen molar-refractivity contribution >= 4 is 67.2 Å². The van der Waals surface area contributed by atoms with Crippen molar-refractivity contribution in [2.45, 2.75) is 89.1 Å². The third-order valence-electron chi connectivity index (χ3n) is 10.3. The van der Waals surface area contributed by atoms with Crippen molar-refractivity contribution in [1.29, 1.82) is 0 Å². The second-order valence-electron chi connectivity index (χ2n) is 12.6. The van der Waals surface area contributed by atoms with E-state index in [4.69, 9.17) is 9.73 Å². The number of ether oxygens (including phenoxy) is 1. The molecule has 2 aromatic heterocycles. The lowest BCUT2D eigenvalue weighted by Gasteiger charge is -2.40. The molecule has 5 saturated carbocycles. The molecule has 212 valence electrons. The van der Waals surface area contributed by atoms with E-state index in [-0.39, 0.29) is 58.2 Å². The molecule has 0 saturated heterocycles. The first-order valence-corrected chi connectivity index (χ1v) is 16.9. The zero-order valence-electron chi connectivity index (χ0n) is 22.9. The molecule has 0 bridgehead atoms. The maximum absolute atomic E-state index is 13.2. The number of ketones is 4. The van der Waals surface area contributed by atoms with Crippen molar-refractivity contribution in [3.8, 4) is 15.5 Å². The van der Waals surface area contributed by atoms with Crippen LogP contribution in [0.4, 0.5) is 10.0 Å². The summed E-state index contributed by atoms with van der Waals surface area (Å²) in [4.78, 5) is 63.9. The van der Waals surface area contributed by atoms with Crippen molar-refractivity contribution in [3.05, 3.63) is 17.7 Å². The van der Waals surface area contributed by atoms with E-state index in [0.717, 1.165) is 105 Å². The van der Waals surface area contributed by atoms with Crippen LogP contribution in [-0.4, -0.2) is 34.6 Å². The highest BCUT2D eigenvalue weighted by atomic mass is 32.1. The molecule has 5 fully saturated rings. The number of rotatable bonds is 2. The molecule has 2 aromatic rings. The number of carbonyl (C=O) groups is 4. The van der Waals surface area contributed by atoms with Crippen LogP contribution in [0.2, 0.25) is 0 Å². The molecule has 4 atom stereocenters. The normalized spacial score (nSPS) is 30.1. The molecular formula is C32H32N2O5S2. The van der Waals surface area contributed by atoms with Gasteiger partial charge in [0.15, 0.2) is 34.6 Å². The summed E-state index contributed by atoms with van der Waals surface area (Å²) in [5.74, 6) is -0.454. The second-order valence-corrected chi connectivity index (χ2v) is 14.7. The van der Waals surface area contributed by atoms with Crippen molar-refractivity contribution < 1.29 is 23.9 Å². The fourth-order valence-corrected chi connectivity index (χ4v) is 10.5. The fraction of sp³-hybridized carbons (Fsp3) is 0.562. The van der Waals surface area contributed by atoms with Crippen LogP contribution < -0.4 is 4.74 Å². The van der Waals surface area contributed by atoms with Crippen LogP contribution in [0.3, 0.4) is 0 Å². The fourth-order valence-electron chi connectivity index (χ4n) is 8.25. The van der Waals surface area contributed by atoms with Gasteiger partial charge in [0.1, 0.15) is 21.4 Å². The van der Waals surface area contributed by atoms with Crippen LogP contribution in [0.25, 0.3) is 9.75 Å². The Hall–Kier alpha value is -2.78. The van der Waals surface area contributed by atoms with Crippen molar-refractivity contribution in [2.75, 3.05) is 0 Å². The number of nitrogens with zero attached hydrogens (tertiary/aromatic N) is 2. The zero-order valence-corrected chi connectivity index (χ0v) is 24.5. The monoisotopic (exact) mass is 588 g/mol. The lowest BCUT2D eigenvalue weighted by Crippen LogP contribution is -2.37. The quantitative estimate of drug-likeness (QED) is 0.373. The molecule has 7 nitrogen and oxygen atoms in total. The van der Waals surface area contributed by atoms with Gasteiger partial charge in [0, 0.05) is 35.3 Å². The molecule has 0 amide bonds. The Morgan fingerprint density at radius 1 is 0.610 bits per heavy atom. The molecule has 6 aliphatic rings. The number of aliphatic imine (C=N–C) groups is 2. The zero-order chi connectivity index (χ0) is 27.9. The Kier molecular flexibility index (Phi) is 6.08. The molecule has 0 radical (unpaired) electrons. The minimum Gasteiger partial charge on any atom is -0.481 e. The minimum absolute atomic E-state index is 0.0870. The van der Waals surface area contributed by atoms with Gasteiger partial charge in [-0.2, -0.15) is 0 Å². The molecule has 1 aliphatic heterocycles. The molecule has 0 N–H and O–H groups in total. The van der Waals surface area contributed by atoms with E-state index in [1.54, 1.807) is 0 Å². The van der Waals surface area contributed by atoms with Gasteiger partial charge in [-0.3, -0.25) is 19.2 Å². The Morgan fingerprint density at radius 2 is 1.07 bits per heavy atom. The van der Waals surface area contributed by atoms with Gasteiger partial charge in [0.05, 0.1) is 9.75 Å². The highest BCUT2D eigenvalue weighted by Crippen LogP contribution is 2.59. The molecular weight excluding hydrogens is 556 g/mol. The van der Waals surface area contributed by atoms with Gasteiger partial charge in [-0.1, -0.05) is 32.1 Å². The molecule has 4 unspecified atom stereocenters. The number of thiophene rings is 2. The first kappa shape index (κ1) is 25.9. The van der Waals surface area contributed by atoms with E-state index < -0.39 is 5.60 Å². The maximum Gasteiger partial charge on any atom is 0.188 e. The predicted molar refractivity (Wildman–Crippen MR) is 158 cm³/mol. The number of fused-ring (bicyclic) bond motifs is 6. The number of carbonyl (C=O) groups excluding carboxylic acids is 4. The van der Waals surface area contributed by atoms with Crippen LogP contribution in [0.15, 0.2) is 22.1 Å². The first-order valence-electron chi connectivity index (χ1n) is 15.3. The van der Waals surface area contributed by atoms with Gasteiger partial charge in [-0.05, 0) is 57.4 Å². The predicted octanol–water partition coefficient (Wildman–Crippen LogP) is 7.09. The van der Waals surface area contributed by atoms with Gasteiger partial charge < -0.3 is 4.74 Å². The van der Waals surface area contributed by atoms with Gasteiger partial charge in [0.25, 0.3) is 0 Å². The first-order chi connectivity index (χ1) is 19.9. The summed E-state index contributed by atoms with van der Waals surface area (Å²) in [6.07, 6.45) is 12.1. The number of hydrogen-bond acceptors (Lipinski definition) is 9. The van der Waals surface area contributed by atoms with Crippen LogP contribution in [-0.2, 0) is 24.8 Å². The van der Waals surface area contributed by atoms with Crippen LogP contribution in [0, 0.1) is 23.7 Å². The van der Waals surface area contributed by atoms with E-state index in [9.17, 15) is 19.2 Å². The molecule has 8 rings (SSSR count). The summed E-state index contributed by atoms with van der Waals surface area (Å²) in [5.41, 5.74) is 0.819. The maximum atomic E-state index is 13.2. The Balaban J connectivity index is 1.19. The second kappa shape index (κ2) is 9.63. The summed E-state index contributed by atoms with van der Waals surface area (Å²) in [6.45, 7) is 0. The summed E-state index contributed by atoms with van der Waals surface area (Å²) >= 11 is 2.93. The lowest BCUT2D eigenvalue weighted by molar-refractivity contribution is -0.120. The van der Waals surface area contributed by atoms with Gasteiger partial charge >= 0.3 is 0 Å². The van der Waals surface area contributed by atoms with E-state index in [1.165, 1.54) is 22.7 Å². The van der Waals surface area contributed by atoms with Gasteiger partial charge in [-0.15, -0.1) is 22.7 Å². The number of hydrogen-bond donors (Lipinski definition) is 0. The van der Waals surface area contributed by atoms with Crippen molar-refractivity contribution in [2.24, 2.45) is 33.7 Å². The SMILES string of the molecule is O=C1C(=Nc2cc3c(s2)-c2sc(N=C4C(=O)C5CCCCC5C4=O)cc2C2(CCCCC2)O3)C(=O)C2CCCCC12.